The molecule has 0 radical (unpaired) electrons. The van der Waals surface area contributed by atoms with Gasteiger partial charge in [0.25, 0.3) is 5.91 Å². The van der Waals surface area contributed by atoms with Crippen LogP contribution in [0.25, 0.3) is 0 Å². The third-order valence-electron chi connectivity index (χ3n) is 5.02. The third-order valence-corrected chi connectivity index (χ3v) is 5.02. The smallest absolute Gasteiger partial charge is 0.252 e. The summed E-state index contributed by atoms with van der Waals surface area (Å²) in [5, 5.41) is 4.51. The van der Waals surface area contributed by atoms with E-state index in [9.17, 15) is 4.79 Å². The first-order valence-corrected chi connectivity index (χ1v) is 9.37. The Balaban J connectivity index is 1.62. The maximum absolute atomic E-state index is 13.1. The molecule has 1 amide bonds. The number of amides is 1. The van der Waals surface area contributed by atoms with Gasteiger partial charge in [0, 0.05) is 5.56 Å². The molecule has 1 aliphatic carbocycles. The van der Waals surface area contributed by atoms with Gasteiger partial charge in [0.1, 0.15) is 0 Å². The number of nitrogens with zero attached hydrogens (tertiary/aromatic N) is 1. The molecule has 4 rings (SSSR count). The standard InChI is InChI=1S/C24H22N2O/c27-24(26-25-22-17-9-15-18-10-7-8-16-21(18)22)23(19-11-3-1-4-12-19)20-13-5-2-6-14-20/h1-8,10-14,16,23H,9,15,17H2,(H,26,27)/b25-22+. The van der Waals surface area contributed by atoms with E-state index in [1.54, 1.807) is 0 Å². The predicted molar refractivity (Wildman–Crippen MR) is 109 cm³/mol. The van der Waals surface area contributed by atoms with E-state index in [-0.39, 0.29) is 11.8 Å². The highest BCUT2D eigenvalue weighted by atomic mass is 16.2. The number of benzene rings is 3. The van der Waals surface area contributed by atoms with E-state index in [0.29, 0.717) is 0 Å². The van der Waals surface area contributed by atoms with Crippen LogP contribution in [0.4, 0.5) is 0 Å². The number of nitrogens with one attached hydrogen (secondary N) is 1. The summed E-state index contributed by atoms with van der Waals surface area (Å²) >= 11 is 0. The average molecular weight is 354 g/mol. The largest absolute Gasteiger partial charge is 0.272 e. The van der Waals surface area contributed by atoms with E-state index >= 15 is 0 Å². The zero-order chi connectivity index (χ0) is 18.5. The number of fused-ring (bicyclic) bond motifs is 1. The molecule has 0 bridgehead atoms. The fourth-order valence-electron chi connectivity index (χ4n) is 3.69. The summed E-state index contributed by atoms with van der Waals surface area (Å²) in [5.74, 6) is -0.487. The number of aryl methyl sites for hydroxylation is 1. The van der Waals surface area contributed by atoms with Crippen molar-refractivity contribution in [3.63, 3.8) is 0 Å². The molecule has 0 aliphatic heterocycles. The molecule has 0 fully saturated rings. The second-order valence-corrected chi connectivity index (χ2v) is 6.80. The van der Waals surface area contributed by atoms with Crippen LogP contribution in [0.1, 0.15) is 41.0 Å². The van der Waals surface area contributed by atoms with Crippen LogP contribution in [0, 0.1) is 0 Å². The number of hydrogen-bond donors (Lipinski definition) is 1. The first-order chi connectivity index (χ1) is 13.3. The van der Waals surface area contributed by atoms with Gasteiger partial charge in [-0.25, -0.2) is 5.43 Å². The Kier molecular flexibility index (Phi) is 5.10. The summed E-state index contributed by atoms with van der Waals surface area (Å²) in [6.07, 6.45) is 3.02. The molecule has 3 nitrogen and oxygen atoms in total. The summed E-state index contributed by atoms with van der Waals surface area (Å²) in [6, 6.07) is 28.0. The Morgan fingerprint density at radius 3 is 2.04 bits per heavy atom. The molecule has 1 aliphatic rings. The number of hydrazone groups is 1. The molecule has 0 aromatic heterocycles. The van der Waals surface area contributed by atoms with Crippen LogP contribution in [0.5, 0.6) is 0 Å². The zero-order valence-electron chi connectivity index (χ0n) is 15.1. The summed E-state index contributed by atoms with van der Waals surface area (Å²) in [5.41, 5.74) is 8.19. The number of rotatable bonds is 4. The normalized spacial score (nSPS) is 14.8. The fraction of sp³-hybridized carbons (Fsp3) is 0.167. The first-order valence-electron chi connectivity index (χ1n) is 9.37. The van der Waals surface area contributed by atoms with Crippen molar-refractivity contribution >= 4 is 11.6 Å². The van der Waals surface area contributed by atoms with Crippen molar-refractivity contribution < 1.29 is 4.79 Å². The van der Waals surface area contributed by atoms with Crippen LogP contribution in [0.3, 0.4) is 0 Å². The van der Waals surface area contributed by atoms with Crippen molar-refractivity contribution in [1.29, 1.82) is 0 Å². The molecule has 27 heavy (non-hydrogen) atoms. The Labute approximate surface area is 159 Å². The Bertz CT molecular complexity index is 909. The van der Waals surface area contributed by atoms with Crippen LogP contribution >= 0.6 is 0 Å². The second-order valence-electron chi connectivity index (χ2n) is 6.80. The van der Waals surface area contributed by atoms with Gasteiger partial charge in [-0.3, -0.25) is 4.79 Å². The molecule has 1 N–H and O–H groups in total. The van der Waals surface area contributed by atoms with E-state index in [4.69, 9.17) is 0 Å². The lowest BCUT2D eigenvalue weighted by atomic mass is 9.90. The molecule has 0 unspecified atom stereocenters. The summed E-state index contributed by atoms with van der Waals surface area (Å²) in [4.78, 5) is 13.1. The third kappa shape index (κ3) is 3.82. The van der Waals surface area contributed by atoms with Crippen molar-refractivity contribution in [2.24, 2.45) is 5.10 Å². The highest BCUT2D eigenvalue weighted by Crippen LogP contribution is 2.25. The van der Waals surface area contributed by atoms with E-state index in [1.807, 2.05) is 66.7 Å². The molecular weight excluding hydrogens is 332 g/mol. The quantitative estimate of drug-likeness (QED) is 0.679. The molecule has 0 saturated carbocycles. The van der Waals surface area contributed by atoms with Gasteiger partial charge >= 0.3 is 0 Å². The zero-order valence-corrected chi connectivity index (χ0v) is 15.1. The van der Waals surface area contributed by atoms with Crippen LogP contribution in [0.15, 0.2) is 90.0 Å². The molecule has 3 aromatic rings. The lowest BCUT2D eigenvalue weighted by Gasteiger charge is -2.19. The molecule has 0 atom stereocenters. The van der Waals surface area contributed by atoms with Crippen LogP contribution in [0.2, 0.25) is 0 Å². The minimum atomic E-state index is -0.379. The van der Waals surface area contributed by atoms with Gasteiger partial charge < -0.3 is 0 Å². The minimum Gasteiger partial charge on any atom is -0.272 e. The SMILES string of the molecule is O=C(N/N=C1\CCCc2ccccc21)C(c1ccccc1)c1ccccc1. The van der Waals surface area contributed by atoms with Gasteiger partial charge in [0.15, 0.2) is 0 Å². The number of carbonyl (C=O) groups is 1. The monoisotopic (exact) mass is 354 g/mol. The molecule has 0 saturated heterocycles. The molecule has 0 heterocycles. The maximum Gasteiger partial charge on any atom is 0.252 e. The topological polar surface area (TPSA) is 41.5 Å². The Morgan fingerprint density at radius 2 is 1.37 bits per heavy atom. The van der Waals surface area contributed by atoms with Gasteiger partial charge in [0.05, 0.1) is 11.6 Å². The summed E-state index contributed by atoms with van der Waals surface area (Å²) < 4.78 is 0. The summed E-state index contributed by atoms with van der Waals surface area (Å²) in [7, 11) is 0. The lowest BCUT2D eigenvalue weighted by molar-refractivity contribution is -0.121. The van der Waals surface area contributed by atoms with E-state index in [0.717, 1.165) is 41.7 Å². The molecule has 134 valence electrons. The summed E-state index contributed by atoms with van der Waals surface area (Å²) in [6.45, 7) is 0. The molecular formula is C24H22N2O. The van der Waals surface area contributed by atoms with Crippen molar-refractivity contribution in [1.82, 2.24) is 5.43 Å². The number of hydrogen-bond acceptors (Lipinski definition) is 2. The highest BCUT2D eigenvalue weighted by Gasteiger charge is 2.23. The van der Waals surface area contributed by atoms with Crippen LogP contribution in [-0.4, -0.2) is 11.6 Å². The Morgan fingerprint density at radius 1 is 0.778 bits per heavy atom. The second kappa shape index (κ2) is 8.00. The predicted octanol–water partition coefficient (Wildman–Crippen LogP) is 4.68. The highest BCUT2D eigenvalue weighted by molar-refractivity contribution is 6.03. The van der Waals surface area contributed by atoms with E-state index < -0.39 is 0 Å². The van der Waals surface area contributed by atoms with Gasteiger partial charge in [-0.1, -0.05) is 84.9 Å². The van der Waals surface area contributed by atoms with Crippen LogP contribution in [-0.2, 0) is 11.2 Å². The van der Waals surface area contributed by atoms with E-state index in [2.05, 4.69) is 28.7 Å². The first kappa shape index (κ1) is 17.2. The number of carbonyl (C=O) groups excluding carboxylic acids is 1. The van der Waals surface area contributed by atoms with Crippen molar-refractivity contribution in [3.8, 4) is 0 Å². The molecule has 3 aromatic carbocycles. The lowest BCUT2D eigenvalue weighted by Crippen LogP contribution is -2.28. The minimum absolute atomic E-state index is 0.108. The van der Waals surface area contributed by atoms with E-state index in [1.165, 1.54) is 5.56 Å². The average Bonchev–Trinajstić information content (AvgIpc) is 2.74. The fourth-order valence-corrected chi connectivity index (χ4v) is 3.69. The van der Waals surface area contributed by atoms with Crippen molar-refractivity contribution in [2.45, 2.75) is 25.2 Å². The Hall–Kier alpha value is -3.20. The van der Waals surface area contributed by atoms with Crippen molar-refractivity contribution in [2.75, 3.05) is 0 Å². The molecule has 0 spiro atoms. The van der Waals surface area contributed by atoms with Gasteiger partial charge in [-0.15, -0.1) is 0 Å². The molecule has 3 heteroatoms. The maximum atomic E-state index is 13.1. The van der Waals surface area contributed by atoms with Gasteiger partial charge in [-0.2, -0.15) is 5.10 Å². The van der Waals surface area contributed by atoms with Crippen LogP contribution < -0.4 is 5.43 Å². The van der Waals surface area contributed by atoms with Crippen molar-refractivity contribution in [3.05, 3.63) is 107 Å². The van der Waals surface area contributed by atoms with Gasteiger partial charge in [-0.05, 0) is 36.0 Å². The van der Waals surface area contributed by atoms with Gasteiger partial charge in [0.2, 0.25) is 0 Å².